The van der Waals surface area contributed by atoms with Gasteiger partial charge < -0.3 is 10.1 Å². The molecule has 1 aliphatic carbocycles. The molecule has 1 saturated carbocycles. The molecule has 5 rings (SSSR count). The Morgan fingerprint density at radius 1 is 1.04 bits per heavy atom. The Balaban J connectivity index is 1.65. The van der Waals surface area contributed by atoms with Gasteiger partial charge in [-0.15, -0.1) is 0 Å². The van der Waals surface area contributed by atoms with E-state index in [4.69, 9.17) is 0 Å². The zero-order valence-electron chi connectivity index (χ0n) is 15.1. The Kier molecular flexibility index (Phi) is 4.17. The summed E-state index contributed by atoms with van der Waals surface area (Å²) in [5.74, 6) is -0.323. The van der Waals surface area contributed by atoms with Crippen molar-refractivity contribution >= 4 is 28.6 Å². The second-order valence-electron chi connectivity index (χ2n) is 7.04. The topological polar surface area (TPSA) is 66.0 Å². The number of H-pyrrole nitrogens is 1. The molecule has 0 saturated heterocycles. The normalized spacial score (nSPS) is 13.7. The van der Waals surface area contributed by atoms with Crippen LogP contribution in [-0.4, -0.2) is 21.0 Å². The minimum Gasteiger partial charge on any atom is -0.477 e. The van der Waals surface area contributed by atoms with Crippen LogP contribution in [0.15, 0.2) is 76.7 Å². The van der Waals surface area contributed by atoms with Crippen molar-refractivity contribution < 1.29 is 9.90 Å². The van der Waals surface area contributed by atoms with Crippen LogP contribution in [-0.2, 0) is 0 Å². The first kappa shape index (κ1) is 17.1. The molecule has 1 aliphatic rings. The van der Waals surface area contributed by atoms with Gasteiger partial charge in [0.15, 0.2) is 0 Å². The molecule has 2 heterocycles. The number of carbonyl (C=O) groups is 1. The van der Waals surface area contributed by atoms with E-state index < -0.39 is 5.97 Å². The number of aromatic nitrogens is 2. The maximum atomic E-state index is 11.3. The molecule has 4 nitrogen and oxygen atoms in total. The van der Waals surface area contributed by atoms with Gasteiger partial charge in [-0.1, -0.05) is 60.3 Å². The molecule has 138 valence electrons. The summed E-state index contributed by atoms with van der Waals surface area (Å²) in [6.07, 6.45) is 2.54. The number of nitrogens with zero attached hydrogens (tertiary/aromatic N) is 1. The van der Waals surface area contributed by atoms with E-state index in [1.165, 1.54) is 36.2 Å². The summed E-state index contributed by atoms with van der Waals surface area (Å²) in [5.41, 5.74) is 4.69. The number of aromatic amines is 1. The van der Waals surface area contributed by atoms with Crippen molar-refractivity contribution in [3.05, 3.63) is 78.0 Å². The Hall–Kier alpha value is -3.05. The van der Waals surface area contributed by atoms with Crippen LogP contribution in [0, 0.1) is 0 Å². The molecule has 2 aromatic heterocycles. The number of hydrogen-bond acceptors (Lipinski definition) is 3. The number of nitrogens with one attached hydrogen (secondary N) is 1. The fraction of sp³-hybridized carbons (Fsp3) is 0.130. The summed E-state index contributed by atoms with van der Waals surface area (Å²) in [5, 5.41) is 11.1. The highest BCUT2D eigenvalue weighted by molar-refractivity contribution is 7.99. The van der Waals surface area contributed by atoms with Gasteiger partial charge in [-0.2, -0.15) is 0 Å². The molecule has 2 aromatic carbocycles. The highest BCUT2D eigenvalue weighted by Crippen LogP contribution is 2.44. The number of fused-ring (bicyclic) bond motifs is 1. The summed E-state index contributed by atoms with van der Waals surface area (Å²) in [7, 11) is 0. The zero-order valence-corrected chi connectivity index (χ0v) is 15.9. The van der Waals surface area contributed by atoms with Crippen LogP contribution in [0.2, 0.25) is 0 Å². The molecular formula is C23H18N2O2S. The van der Waals surface area contributed by atoms with Gasteiger partial charge in [0.05, 0.1) is 5.69 Å². The SMILES string of the molecule is O=C(O)c1cccc(Sc2c(-c3ccccc3)[nH]c3cc(C4CC4)ccc23)n1. The molecule has 4 aromatic rings. The smallest absolute Gasteiger partial charge is 0.354 e. The molecule has 0 aliphatic heterocycles. The van der Waals surface area contributed by atoms with E-state index in [1.807, 2.05) is 24.3 Å². The van der Waals surface area contributed by atoms with Gasteiger partial charge in [0.1, 0.15) is 10.7 Å². The number of carboxylic acids is 1. The van der Waals surface area contributed by atoms with Crippen LogP contribution in [0.4, 0.5) is 0 Å². The number of rotatable bonds is 5. The molecule has 2 N–H and O–H groups in total. The predicted octanol–water partition coefficient (Wildman–Crippen LogP) is 5.96. The van der Waals surface area contributed by atoms with Gasteiger partial charge in [-0.05, 0) is 48.1 Å². The second kappa shape index (κ2) is 6.84. The monoisotopic (exact) mass is 386 g/mol. The van der Waals surface area contributed by atoms with Gasteiger partial charge in [-0.3, -0.25) is 0 Å². The summed E-state index contributed by atoms with van der Waals surface area (Å²) in [4.78, 5) is 20.2. The average molecular weight is 386 g/mol. The molecule has 0 unspecified atom stereocenters. The first-order valence-corrected chi connectivity index (χ1v) is 10.1. The van der Waals surface area contributed by atoms with E-state index >= 15 is 0 Å². The number of pyridine rings is 1. The third-order valence-electron chi connectivity index (χ3n) is 5.04. The Morgan fingerprint density at radius 2 is 1.86 bits per heavy atom. The van der Waals surface area contributed by atoms with E-state index in [0.717, 1.165) is 27.1 Å². The van der Waals surface area contributed by atoms with Crippen molar-refractivity contribution in [2.45, 2.75) is 28.7 Å². The zero-order chi connectivity index (χ0) is 19.1. The van der Waals surface area contributed by atoms with E-state index in [9.17, 15) is 9.90 Å². The quantitative estimate of drug-likeness (QED) is 0.444. The molecule has 1 fully saturated rings. The second-order valence-corrected chi connectivity index (χ2v) is 8.07. The molecule has 0 bridgehead atoms. The van der Waals surface area contributed by atoms with Crippen LogP contribution >= 0.6 is 11.8 Å². The van der Waals surface area contributed by atoms with E-state index in [-0.39, 0.29) is 5.69 Å². The van der Waals surface area contributed by atoms with Crippen molar-refractivity contribution in [3.63, 3.8) is 0 Å². The Bertz CT molecular complexity index is 1180. The van der Waals surface area contributed by atoms with Crippen LogP contribution < -0.4 is 0 Å². The summed E-state index contributed by atoms with van der Waals surface area (Å²) < 4.78 is 0. The molecule has 0 radical (unpaired) electrons. The number of carboxylic acid groups (broad SMARTS) is 1. The molecule has 28 heavy (non-hydrogen) atoms. The lowest BCUT2D eigenvalue weighted by atomic mass is 10.1. The first-order chi connectivity index (χ1) is 13.7. The van der Waals surface area contributed by atoms with Crippen molar-refractivity contribution in [1.82, 2.24) is 9.97 Å². The number of benzene rings is 2. The molecule has 0 atom stereocenters. The fourth-order valence-electron chi connectivity index (χ4n) is 3.47. The molecular weight excluding hydrogens is 368 g/mol. The Labute approximate surface area is 166 Å². The van der Waals surface area contributed by atoms with Crippen molar-refractivity contribution in [3.8, 4) is 11.3 Å². The molecule has 0 amide bonds. The van der Waals surface area contributed by atoms with Gasteiger partial charge in [0.2, 0.25) is 0 Å². The third kappa shape index (κ3) is 3.18. The van der Waals surface area contributed by atoms with Gasteiger partial charge >= 0.3 is 5.97 Å². The van der Waals surface area contributed by atoms with Crippen LogP contribution in [0.25, 0.3) is 22.2 Å². The molecule has 5 heteroatoms. The van der Waals surface area contributed by atoms with E-state index in [0.29, 0.717) is 10.9 Å². The van der Waals surface area contributed by atoms with Crippen LogP contribution in [0.3, 0.4) is 0 Å². The van der Waals surface area contributed by atoms with Crippen molar-refractivity contribution in [2.75, 3.05) is 0 Å². The third-order valence-corrected chi connectivity index (χ3v) is 6.10. The largest absolute Gasteiger partial charge is 0.477 e. The number of aromatic carboxylic acids is 1. The minimum atomic E-state index is -1.02. The Morgan fingerprint density at radius 3 is 2.61 bits per heavy atom. The first-order valence-electron chi connectivity index (χ1n) is 9.28. The van der Waals surface area contributed by atoms with E-state index in [1.54, 1.807) is 6.07 Å². The number of hydrogen-bond donors (Lipinski definition) is 2. The molecule has 0 spiro atoms. The maximum absolute atomic E-state index is 11.3. The summed E-state index contributed by atoms with van der Waals surface area (Å²) in [6, 6.07) is 22.0. The lowest BCUT2D eigenvalue weighted by Crippen LogP contribution is -1.99. The fourth-order valence-corrected chi connectivity index (χ4v) is 4.53. The predicted molar refractivity (Wildman–Crippen MR) is 111 cm³/mol. The van der Waals surface area contributed by atoms with Gasteiger partial charge in [0, 0.05) is 15.8 Å². The van der Waals surface area contributed by atoms with Crippen LogP contribution in [0.1, 0.15) is 34.8 Å². The highest BCUT2D eigenvalue weighted by Gasteiger charge is 2.24. The highest BCUT2D eigenvalue weighted by atomic mass is 32.2. The van der Waals surface area contributed by atoms with Crippen molar-refractivity contribution in [2.24, 2.45) is 0 Å². The summed E-state index contributed by atoms with van der Waals surface area (Å²) in [6.45, 7) is 0. The van der Waals surface area contributed by atoms with Crippen molar-refractivity contribution in [1.29, 1.82) is 0 Å². The van der Waals surface area contributed by atoms with Crippen LogP contribution in [0.5, 0.6) is 0 Å². The van der Waals surface area contributed by atoms with E-state index in [2.05, 4.69) is 40.3 Å². The van der Waals surface area contributed by atoms with Gasteiger partial charge in [0.25, 0.3) is 0 Å². The van der Waals surface area contributed by atoms with Gasteiger partial charge in [-0.25, -0.2) is 9.78 Å². The standard InChI is InChI=1S/C23H18N2O2S/c26-23(27)18-7-4-8-20(24-18)28-22-17-12-11-16(14-9-10-14)13-19(17)25-21(22)15-5-2-1-3-6-15/h1-8,11-14,25H,9-10H2,(H,26,27). The minimum absolute atomic E-state index is 0.0575. The average Bonchev–Trinajstić information content (AvgIpc) is 3.52. The maximum Gasteiger partial charge on any atom is 0.354 e. The lowest BCUT2D eigenvalue weighted by molar-refractivity contribution is 0.0689. The summed E-state index contributed by atoms with van der Waals surface area (Å²) >= 11 is 1.50. The lowest BCUT2D eigenvalue weighted by Gasteiger charge is -2.06.